The number of nitrogens with zero attached hydrogens (tertiary/aromatic N) is 4. The van der Waals surface area contributed by atoms with Crippen molar-refractivity contribution in [2.75, 3.05) is 6.61 Å². The van der Waals surface area contributed by atoms with Crippen LogP contribution in [0.4, 0.5) is 18.9 Å². The van der Waals surface area contributed by atoms with Crippen molar-refractivity contribution >= 4 is 11.7 Å². The second-order valence-electron chi connectivity index (χ2n) is 8.15. The first-order valence-corrected chi connectivity index (χ1v) is 9.96. The molecule has 12 heteroatoms. The minimum atomic E-state index is -4.79. The molecule has 1 unspecified atom stereocenters. The summed E-state index contributed by atoms with van der Waals surface area (Å²) in [5, 5.41) is 15.0. The van der Waals surface area contributed by atoms with Gasteiger partial charge in [0, 0.05) is 18.2 Å². The molecule has 1 aromatic heterocycles. The Morgan fingerprint density at radius 1 is 1.33 bits per heavy atom. The summed E-state index contributed by atoms with van der Waals surface area (Å²) in [6.45, 7) is 10.1. The van der Waals surface area contributed by atoms with Gasteiger partial charge >= 0.3 is 12.1 Å². The summed E-state index contributed by atoms with van der Waals surface area (Å²) in [5.74, 6) is -0.755. The van der Waals surface area contributed by atoms with Crippen LogP contribution in [0, 0.1) is 10.1 Å². The van der Waals surface area contributed by atoms with Gasteiger partial charge in [0.15, 0.2) is 17.3 Å². The maximum Gasteiger partial charge on any atom is 0.435 e. The lowest BCUT2D eigenvalue weighted by molar-refractivity contribution is -0.385. The Morgan fingerprint density at radius 3 is 2.52 bits per heavy atom. The summed E-state index contributed by atoms with van der Waals surface area (Å²) in [5.41, 5.74) is -3.63. The summed E-state index contributed by atoms with van der Waals surface area (Å²) >= 11 is 0. The number of rotatable bonds is 7. The van der Waals surface area contributed by atoms with Crippen molar-refractivity contribution in [3.8, 4) is 0 Å². The maximum atomic E-state index is 13.4. The van der Waals surface area contributed by atoms with E-state index in [1.807, 2.05) is 0 Å². The third-order valence-electron chi connectivity index (χ3n) is 5.34. The number of hydrogen-bond acceptors (Lipinski definition) is 7. The first-order valence-electron chi connectivity index (χ1n) is 9.96. The van der Waals surface area contributed by atoms with Gasteiger partial charge < -0.3 is 9.47 Å². The average molecular weight is 468 g/mol. The summed E-state index contributed by atoms with van der Waals surface area (Å²) < 4.78 is 51.6. The van der Waals surface area contributed by atoms with Gasteiger partial charge in [-0.25, -0.2) is 4.79 Å². The molecule has 1 saturated heterocycles. The number of aromatic nitrogens is 2. The van der Waals surface area contributed by atoms with E-state index in [0.29, 0.717) is 11.6 Å². The lowest BCUT2D eigenvalue weighted by Gasteiger charge is -2.59. The number of hydrogen-bond donors (Lipinski definition) is 0. The van der Waals surface area contributed by atoms with E-state index in [1.165, 1.54) is 25.1 Å². The van der Waals surface area contributed by atoms with E-state index in [-0.39, 0.29) is 24.7 Å². The number of non-ortho nitro benzene ring substituents is 1. The van der Waals surface area contributed by atoms with Crippen LogP contribution in [0.3, 0.4) is 0 Å². The monoisotopic (exact) mass is 468 g/mol. The molecule has 1 aliphatic heterocycles. The predicted octanol–water partition coefficient (Wildman–Crippen LogP) is 4.44. The Bertz CT molecular complexity index is 1110. The van der Waals surface area contributed by atoms with Gasteiger partial charge in [-0.05, 0) is 39.8 Å². The zero-order chi connectivity index (χ0) is 24.8. The average Bonchev–Trinajstić information content (AvgIpc) is 3.11. The highest BCUT2D eigenvalue weighted by Crippen LogP contribution is 2.47. The summed E-state index contributed by atoms with van der Waals surface area (Å²) in [6, 6.07) is 6.32. The van der Waals surface area contributed by atoms with Crippen LogP contribution in [-0.4, -0.2) is 37.9 Å². The molecule has 178 valence electrons. The molecular formula is C21H23F3N4O5. The normalized spacial score (nSPS) is 17.1. The van der Waals surface area contributed by atoms with Crippen molar-refractivity contribution in [3.05, 3.63) is 69.9 Å². The van der Waals surface area contributed by atoms with Gasteiger partial charge in [0.1, 0.15) is 5.69 Å². The maximum absolute atomic E-state index is 13.4. The standard InChI is InChI=1S/C21H23F3N4O5/c1-6-32-18(29)16-11-17(21(22,23)24)25-26(16)12-20(5,27-13(2)33-19(27,3)4)14-8-7-9-15(10-14)28(30)31/h7-11H,2,6,12H2,1,3-5H3. The van der Waals surface area contributed by atoms with Gasteiger partial charge in [-0.1, -0.05) is 12.1 Å². The first-order chi connectivity index (χ1) is 15.2. The second-order valence-corrected chi connectivity index (χ2v) is 8.15. The number of benzene rings is 1. The number of nitro groups is 1. The van der Waals surface area contributed by atoms with Gasteiger partial charge in [-0.3, -0.25) is 19.7 Å². The first kappa shape index (κ1) is 24.1. The number of esters is 1. The van der Waals surface area contributed by atoms with E-state index in [0.717, 1.165) is 4.68 Å². The molecule has 0 spiro atoms. The van der Waals surface area contributed by atoms with Crippen molar-refractivity contribution in [1.29, 1.82) is 0 Å². The topological polar surface area (TPSA) is 99.7 Å². The van der Waals surface area contributed by atoms with Gasteiger partial charge in [-0.15, -0.1) is 0 Å². The zero-order valence-electron chi connectivity index (χ0n) is 18.5. The number of carbonyl (C=O) groups excluding carboxylic acids is 1. The Kier molecular flexibility index (Phi) is 5.90. The van der Waals surface area contributed by atoms with Crippen LogP contribution in [0.25, 0.3) is 0 Å². The summed E-state index contributed by atoms with van der Waals surface area (Å²) in [7, 11) is 0. The van der Waals surface area contributed by atoms with Crippen molar-refractivity contribution in [2.45, 2.75) is 51.7 Å². The van der Waals surface area contributed by atoms with Crippen LogP contribution >= 0.6 is 0 Å². The molecule has 33 heavy (non-hydrogen) atoms. The Hall–Kier alpha value is -3.57. The third-order valence-corrected chi connectivity index (χ3v) is 5.34. The fourth-order valence-corrected chi connectivity index (χ4v) is 4.09. The molecule has 0 bridgehead atoms. The lowest BCUT2D eigenvalue weighted by atomic mass is 9.86. The Balaban J connectivity index is 2.19. The molecule has 1 fully saturated rings. The van der Waals surface area contributed by atoms with E-state index in [1.54, 1.807) is 31.7 Å². The SMILES string of the molecule is C=C1OC(C)(C)N1C(C)(Cn1nc(C(F)(F)F)cc1C(=O)OCC)c1cccc([N+](=O)[O-])c1. The number of ether oxygens (including phenoxy) is 2. The highest BCUT2D eigenvalue weighted by atomic mass is 19.4. The van der Waals surface area contributed by atoms with Crippen LogP contribution in [0.2, 0.25) is 0 Å². The molecule has 1 aromatic carbocycles. The molecule has 9 nitrogen and oxygen atoms in total. The Morgan fingerprint density at radius 2 is 2.00 bits per heavy atom. The minimum absolute atomic E-state index is 0.0443. The number of alkyl halides is 3. The zero-order valence-corrected chi connectivity index (χ0v) is 18.5. The van der Waals surface area contributed by atoms with E-state index in [2.05, 4.69) is 11.7 Å². The molecule has 2 aromatic rings. The predicted molar refractivity (Wildman–Crippen MR) is 110 cm³/mol. The molecule has 1 aliphatic rings. The van der Waals surface area contributed by atoms with Crippen molar-refractivity contribution in [2.24, 2.45) is 0 Å². The third kappa shape index (κ3) is 4.37. The number of halogens is 3. The molecule has 3 rings (SSSR count). The molecule has 0 saturated carbocycles. The van der Waals surface area contributed by atoms with E-state index in [4.69, 9.17) is 9.47 Å². The van der Waals surface area contributed by atoms with Crippen LogP contribution in [0.1, 0.15) is 49.4 Å². The van der Waals surface area contributed by atoms with E-state index < -0.39 is 39.7 Å². The number of nitro benzene ring substituents is 1. The number of carbonyl (C=O) groups is 1. The van der Waals surface area contributed by atoms with Crippen molar-refractivity contribution in [1.82, 2.24) is 14.7 Å². The van der Waals surface area contributed by atoms with E-state index >= 15 is 0 Å². The van der Waals surface area contributed by atoms with E-state index in [9.17, 15) is 28.1 Å². The largest absolute Gasteiger partial charge is 0.461 e. The van der Waals surface area contributed by atoms with Crippen molar-refractivity contribution in [3.63, 3.8) is 0 Å². The molecule has 0 N–H and O–H groups in total. The van der Waals surface area contributed by atoms with Crippen LogP contribution in [0.15, 0.2) is 42.8 Å². The van der Waals surface area contributed by atoms with Crippen LogP contribution < -0.4 is 0 Å². The summed E-state index contributed by atoms with van der Waals surface area (Å²) in [6.07, 6.45) is -4.79. The van der Waals surface area contributed by atoms with Gasteiger partial charge in [0.25, 0.3) is 5.69 Å². The van der Waals surface area contributed by atoms with Gasteiger partial charge in [0.2, 0.25) is 0 Å². The fourth-order valence-electron chi connectivity index (χ4n) is 4.09. The molecule has 0 aliphatic carbocycles. The molecule has 1 atom stereocenters. The van der Waals surface area contributed by atoms with Crippen molar-refractivity contribution < 1.29 is 32.4 Å². The molecule has 0 radical (unpaired) electrons. The molecule has 0 amide bonds. The second kappa shape index (κ2) is 8.09. The minimum Gasteiger partial charge on any atom is -0.461 e. The molecular weight excluding hydrogens is 445 g/mol. The molecule has 2 heterocycles. The highest BCUT2D eigenvalue weighted by molar-refractivity contribution is 5.87. The van der Waals surface area contributed by atoms with Crippen LogP contribution in [-0.2, 0) is 27.7 Å². The van der Waals surface area contributed by atoms with Crippen LogP contribution in [0.5, 0.6) is 0 Å². The summed E-state index contributed by atoms with van der Waals surface area (Å²) in [4.78, 5) is 24.9. The van der Waals surface area contributed by atoms with Gasteiger partial charge in [-0.2, -0.15) is 18.3 Å². The Labute approximate surface area is 187 Å². The fraction of sp³-hybridized carbons (Fsp3) is 0.429. The van der Waals surface area contributed by atoms with Gasteiger partial charge in [0.05, 0.1) is 23.6 Å². The highest BCUT2D eigenvalue weighted by Gasteiger charge is 2.53. The lowest BCUT2D eigenvalue weighted by Crippen LogP contribution is -2.65. The quantitative estimate of drug-likeness (QED) is 0.336. The smallest absolute Gasteiger partial charge is 0.435 e.